The van der Waals surface area contributed by atoms with Gasteiger partial charge in [0.1, 0.15) is 0 Å². The van der Waals surface area contributed by atoms with Crippen LogP contribution in [0.3, 0.4) is 0 Å². The van der Waals surface area contributed by atoms with E-state index in [0.29, 0.717) is 0 Å². The fourth-order valence-electron chi connectivity index (χ4n) is 2.85. The van der Waals surface area contributed by atoms with E-state index in [0.717, 1.165) is 13.2 Å². The topological polar surface area (TPSA) is 21.3 Å². The minimum Gasteiger partial charge on any atom is -0.376 e. The molecular weight excluding hydrogens is 258 g/mol. The first-order valence-electron chi connectivity index (χ1n) is 7.88. The first-order chi connectivity index (χ1) is 10.4. The predicted molar refractivity (Wildman–Crippen MR) is 87.5 cm³/mol. The van der Waals surface area contributed by atoms with Gasteiger partial charge >= 0.3 is 0 Å². The Morgan fingerprint density at radius 2 is 1.90 bits per heavy atom. The molecule has 21 heavy (non-hydrogen) atoms. The van der Waals surface area contributed by atoms with Crippen LogP contribution in [-0.4, -0.2) is 6.61 Å². The minimum atomic E-state index is 0.247. The first-order valence-corrected chi connectivity index (χ1v) is 7.88. The van der Waals surface area contributed by atoms with Gasteiger partial charge in [-0.1, -0.05) is 49.7 Å². The third-order valence-corrected chi connectivity index (χ3v) is 4.09. The number of ether oxygens (including phenoxy) is 1. The zero-order valence-corrected chi connectivity index (χ0v) is 12.6. The van der Waals surface area contributed by atoms with Crippen LogP contribution in [0.15, 0.2) is 48.5 Å². The lowest BCUT2D eigenvalue weighted by atomic mass is 9.98. The van der Waals surface area contributed by atoms with Crippen LogP contribution in [0.2, 0.25) is 0 Å². The van der Waals surface area contributed by atoms with Gasteiger partial charge in [0.25, 0.3) is 0 Å². The van der Waals surface area contributed by atoms with Crippen LogP contribution in [0.4, 0.5) is 5.69 Å². The summed E-state index contributed by atoms with van der Waals surface area (Å²) in [6.07, 6.45) is 3.68. The van der Waals surface area contributed by atoms with Crippen LogP contribution in [-0.2, 0) is 17.8 Å². The van der Waals surface area contributed by atoms with Crippen molar-refractivity contribution in [1.82, 2.24) is 0 Å². The molecule has 2 nitrogen and oxygen atoms in total. The molecule has 0 amide bonds. The minimum absolute atomic E-state index is 0.247. The lowest BCUT2D eigenvalue weighted by molar-refractivity contribution is 0.0970. The number of anilines is 1. The fourth-order valence-corrected chi connectivity index (χ4v) is 2.85. The molecule has 0 spiro atoms. The fraction of sp³-hybridized carbons (Fsp3) is 0.368. The van der Waals surface area contributed by atoms with E-state index in [1.54, 1.807) is 0 Å². The Morgan fingerprint density at radius 3 is 2.71 bits per heavy atom. The zero-order chi connectivity index (χ0) is 14.5. The van der Waals surface area contributed by atoms with Gasteiger partial charge in [0.05, 0.1) is 19.3 Å². The zero-order valence-electron chi connectivity index (χ0n) is 12.6. The molecule has 0 saturated heterocycles. The van der Waals surface area contributed by atoms with Crippen molar-refractivity contribution < 1.29 is 4.74 Å². The first kappa shape index (κ1) is 14.2. The number of fused-ring (bicyclic) bond motifs is 1. The molecule has 1 N–H and O–H groups in total. The second kappa shape index (κ2) is 6.77. The second-order valence-corrected chi connectivity index (χ2v) is 5.71. The Morgan fingerprint density at radius 1 is 1.10 bits per heavy atom. The van der Waals surface area contributed by atoms with Crippen molar-refractivity contribution in [3.8, 4) is 0 Å². The number of nitrogens with one attached hydrogen (secondary N) is 1. The van der Waals surface area contributed by atoms with Crippen molar-refractivity contribution >= 4 is 5.69 Å². The molecule has 2 aromatic rings. The largest absolute Gasteiger partial charge is 0.376 e. The lowest BCUT2D eigenvalue weighted by Crippen LogP contribution is -2.23. The Labute approximate surface area is 127 Å². The highest BCUT2D eigenvalue weighted by atomic mass is 16.5. The maximum atomic E-state index is 5.70. The van der Waals surface area contributed by atoms with Gasteiger partial charge in [-0.15, -0.1) is 0 Å². The molecular formula is C19H23NO. The van der Waals surface area contributed by atoms with E-state index in [9.17, 15) is 0 Å². The SMILES string of the molecule is CCCCc1ccc(NC2COCc3ccccc32)cc1. The van der Waals surface area contributed by atoms with Crippen LogP contribution >= 0.6 is 0 Å². The Hall–Kier alpha value is -1.80. The molecule has 3 rings (SSSR count). The van der Waals surface area contributed by atoms with Gasteiger partial charge in [0.15, 0.2) is 0 Å². The van der Waals surface area contributed by atoms with E-state index in [2.05, 4.69) is 60.8 Å². The number of benzene rings is 2. The Kier molecular flexibility index (Phi) is 4.56. The highest BCUT2D eigenvalue weighted by molar-refractivity contribution is 5.48. The van der Waals surface area contributed by atoms with Gasteiger partial charge in [0.2, 0.25) is 0 Å². The number of unbranched alkanes of at least 4 members (excludes halogenated alkanes) is 1. The van der Waals surface area contributed by atoms with Crippen LogP contribution < -0.4 is 5.32 Å². The smallest absolute Gasteiger partial charge is 0.0751 e. The van der Waals surface area contributed by atoms with Crippen LogP contribution in [0.25, 0.3) is 0 Å². The van der Waals surface area contributed by atoms with Crippen molar-refractivity contribution in [2.75, 3.05) is 11.9 Å². The summed E-state index contributed by atoms with van der Waals surface area (Å²) in [5.41, 5.74) is 5.24. The molecule has 0 fully saturated rings. The summed E-state index contributed by atoms with van der Waals surface area (Å²) >= 11 is 0. The summed E-state index contributed by atoms with van der Waals surface area (Å²) < 4.78 is 5.70. The molecule has 0 bridgehead atoms. The van der Waals surface area contributed by atoms with Gasteiger partial charge in [-0.2, -0.15) is 0 Å². The molecule has 110 valence electrons. The summed E-state index contributed by atoms with van der Waals surface area (Å²) in [6, 6.07) is 17.6. The maximum Gasteiger partial charge on any atom is 0.0751 e. The van der Waals surface area contributed by atoms with Gasteiger partial charge < -0.3 is 10.1 Å². The van der Waals surface area contributed by atoms with Gasteiger partial charge in [-0.05, 0) is 41.7 Å². The van der Waals surface area contributed by atoms with Crippen molar-refractivity contribution in [2.24, 2.45) is 0 Å². The van der Waals surface area contributed by atoms with E-state index < -0.39 is 0 Å². The third-order valence-electron chi connectivity index (χ3n) is 4.09. The molecule has 0 aromatic heterocycles. The van der Waals surface area contributed by atoms with Crippen molar-refractivity contribution in [1.29, 1.82) is 0 Å². The van der Waals surface area contributed by atoms with Gasteiger partial charge in [-0.25, -0.2) is 0 Å². The number of rotatable bonds is 5. The maximum absolute atomic E-state index is 5.70. The van der Waals surface area contributed by atoms with Crippen LogP contribution in [0, 0.1) is 0 Å². The quantitative estimate of drug-likeness (QED) is 0.856. The molecule has 1 unspecified atom stereocenters. The Bertz CT molecular complexity index is 576. The molecule has 1 atom stereocenters. The van der Waals surface area contributed by atoms with E-state index >= 15 is 0 Å². The normalized spacial score (nSPS) is 17.3. The molecule has 1 aliphatic heterocycles. The third kappa shape index (κ3) is 3.45. The number of aryl methyl sites for hydroxylation is 1. The van der Waals surface area contributed by atoms with E-state index in [-0.39, 0.29) is 6.04 Å². The number of hydrogen-bond donors (Lipinski definition) is 1. The van der Waals surface area contributed by atoms with Crippen molar-refractivity contribution in [3.05, 3.63) is 65.2 Å². The molecule has 1 aliphatic rings. The van der Waals surface area contributed by atoms with Crippen LogP contribution in [0.5, 0.6) is 0 Å². The molecule has 0 saturated carbocycles. The Balaban J connectivity index is 1.70. The highest BCUT2D eigenvalue weighted by Crippen LogP contribution is 2.28. The van der Waals surface area contributed by atoms with E-state index in [4.69, 9.17) is 4.74 Å². The molecule has 1 heterocycles. The standard InChI is InChI=1S/C19H23NO/c1-2-3-6-15-9-11-17(12-10-15)20-19-14-21-13-16-7-4-5-8-18(16)19/h4-5,7-12,19-20H,2-3,6,13-14H2,1H3. The summed E-state index contributed by atoms with van der Waals surface area (Å²) in [4.78, 5) is 0. The summed E-state index contributed by atoms with van der Waals surface area (Å²) in [5.74, 6) is 0. The average molecular weight is 281 g/mol. The van der Waals surface area contributed by atoms with E-state index in [1.165, 1.54) is 41.6 Å². The summed E-state index contributed by atoms with van der Waals surface area (Å²) in [7, 11) is 0. The average Bonchev–Trinajstić information content (AvgIpc) is 2.55. The number of hydrogen-bond acceptors (Lipinski definition) is 2. The summed E-state index contributed by atoms with van der Waals surface area (Å²) in [6.45, 7) is 3.69. The van der Waals surface area contributed by atoms with Crippen molar-refractivity contribution in [3.63, 3.8) is 0 Å². The monoisotopic (exact) mass is 281 g/mol. The van der Waals surface area contributed by atoms with Gasteiger partial charge in [0, 0.05) is 5.69 Å². The lowest BCUT2D eigenvalue weighted by Gasteiger charge is -2.27. The molecule has 0 radical (unpaired) electrons. The van der Waals surface area contributed by atoms with E-state index in [1.807, 2.05) is 0 Å². The molecule has 2 aromatic carbocycles. The van der Waals surface area contributed by atoms with Crippen LogP contribution in [0.1, 0.15) is 42.5 Å². The molecule has 0 aliphatic carbocycles. The predicted octanol–water partition coefficient (Wildman–Crippen LogP) is 4.71. The molecule has 2 heteroatoms. The summed E-state index contributed by atoms with van der Waals surface area (Å²) in [5, 5.41) is 3.60. The second-order valence-electron chi connectivity index (χ2n) is 5.71. The highest BCUT2D eigenvalue weighted by Gasteiger charge is 2.19. The van der Waals surface area contributed by atoms with Crippen molar-refractivity contribution in [2.45, 2.75) is 38.8 Å². The van der Waals surface area contributed by atoms with Gasteiger partial charge in [-0.3, -0.25) is 0 Å².